The molecular formula is C27H21F2IrN8-3. The smallest absolute Gasteiger partial charge is 0.241 e. The molecule has 11 heteroatoms. The third-order valence-corrected chi connectivity index (χ3v) is 4.74. The Hall–Kier alpha value is -4.34. The van der Waals surface area contributed by atoms with Crippen molar-refractivity contribution < 1.29 is 38.0 Å². The Labute approximate surface area is 232 Å². The van der Waals surface area contributed by atoms with Crippen LogP contribution >= 0.6 is 0 Å². The standard InChI is InChI=1S/2C10H8FN2.C7H5N4.Ir/c2*1-12-5-6-13(8-12)10-4-2-3-9(11)7-10;1-2-4-8-6(3-1)7-5-9-11-10-7;/h2*2-3,5-7H,1H3;1-5H;/q3*-1;. The van der Waals surface area contributed by atoms with Crippen molar-refractivity contribution in [1.29, 1.82) is 0 Å². The van der Waals surface area contributed by atoms with Crippen molar-refractivity contribution in [2.45, 2.75) is 0 Å². The Kier molecular flexibility index (Phi) is 10.3. The maximum absolute atomic E-state index is 12.8. The topological polar surface area (TPSA) is 70.4 Å². The SMILES string of the molecule is C[n+]1[c-]n(-c2[c-]ccc(F)c2)cc1.C[n+]1[c-]n(-c2[c-]ccc(F)c2)cc1.[Ir].c1ccc(-c2cnn[n-]2)nc1. The van der Waals surface area contributed by atoms with E-state index < -0.39 is 0 Å². The molecule has 8 nitrogen and oxygen atoms in total. The summed E-state index contributed by atoms with van der Waals surface area (Å²) < 4.78 is 32.5. The first-order valence-electron chi connectivity index (χ1n) is 11.0. The molecule has 0 spiro atoms. The van der Waals surface area contributed by atoms with Crippen LogP contribution in [0.2, 0.25) is 0 Å². The molecule has 0 amide bonds. The summed E-state index contributed by atoms with van der Waals surface area (Å²) in [5, 5.41) is 10.8. The van der Waals surface area contributed by atoms with Crippen LogP contribution in [0.4, 0.5) is 8.78 Å². The molecule has 0 aliphatic rings. The summed E-state index contributed by atoms with van der Waals surface area (Å²) in [6.07, 6.45) is 16.5. The van der Waals surface area contributed by atoms with E-state index in [4.69, 9.17) is 0 Å². The molecule has 38 heavy (non-hydrogen) atoms. The first kappa shape index (κ1) is 28.2. The maximum atomic E-state index is 12.8. The van der Waals surface area contributed by atoms with E-state index in [1.54, 1.807) is 55.2 Å². The van der Waals surface area contributed by atoms with Crippen molar-refractivity contribution in [1.82, 2.24) is 29.5 Å². The van der Waals surface area contributed by atoms with Crippen molar-refractivity contribution in [3.63, 3.8) is 0 Å². The Morgan fingerprint density at radius 2 is 1.42 bits per heavy atom. The zero-order chi connectivity index (χ0) is 26.0. The van der Waals surface area contributed by atoms with Crippen molar-refractivity contribution in [3.8, 4) is 22.8 Å². The summed E-state index contributed by atoms with van der Waals surface area (Å²) in [7, 11) is 3.71. The molecule has 4 aromatic heterocycles. The molecule has 6 rings (SSSR count). The molecule has 0 saturated heterocycles. The van der Waals surface area contributed by atoms with Crippen molar-refractivity contribution in [2.24, 2.45) is 14.1 Å². The number of aromatic nitrogens is 8. The number of benzene rings is 2. The number of pyridine rings is 1. The van der Waals surface area contributed by atoms with Gasteiger partial charge < -0.3 is 28.5 Å². The van der Waals surface area contributed by atoms with E-state index >= 15 is 0 Å². The van der Waals surface area contributed by atoms with Crippen LogP contribution in [0.1, 0.15) is 0 Å². The van der Waals surface area contributed by atoms with E-state index in [9.17, 15) is 8.78 Å². The zero-order valence-electron chi connectivity index (χ0n) is 20.3. The minimum atomic E-state index is -0.265. The minimum Gasteiger partial charge on any atom is -0.358 e. The molecule has 0 saturated carbocycles. The second kappa shape index (κ2) is 13.8. The monoisotopic (exact) mass is 688 g/mol. The predicted molar refractivity (Wildman–Crippen MR) is 128 cm³/mol. The molecule has 0 atom stereocenters. The van der Waals surface area contributed by atoms with Gasteiger partial charge in [0, 0.05) is 62.7 Å². The van der Waals surface area contributed by atoms with Crippen LogP contribution in [-0.2, 0) is 34.2 Å². The largest absolute Gasteiger partial charge is 0.358 e. The first-order valence-corrected chi connectivity index (χ1v) is 11.0. The number of hydrogen-bond acceptors (Lipinski definition) is 3. The van der Waals surface area contributed by atoms with Gasteiger partial charge in [0.25, 0.3) is 0 Å². The fourth-order valence-electron chi connectivity index (χ4n) is 3.02. The summed E-state index contributed by atoms with van der Waals surface area (Å²) in [5.41, 5.74) is 2.82. The van der Waals surface area contributed by atoms with Gasteiger partial charge in [-0.1, -0.05) is 23.6 Å². The Morgan fingerprint density at radius 1 is 0.842 bits per heavy atom. The van der Waals surface area contributed by atoms with Gasteiger partial charge in [-0.05, 0) is 17.8 Å². The minimum absolute atomic E-state index is 0. The van der Waals surface area contributed by atoms with E-state index in [0.717, 1.165) is 5.69 Å². The van der Waals surface area contributed by atoms with Gasteiger partial charge in [0.05, 0.1) is 19.8 Å². The van der Waals surface area contributed by atoms with Gasteiger partial charge in [-0.3, -0.25) is 10.2 Å². The van der Waals surface area contributed by atoms with Crippen molar-refractivity contribution >= 4 is 0 Å². The Bertz CT molecular complexity index is 1450. The second-order valence-electron chi connectivity index (χ2n) is 7.58. The molecule has 6 aromatic rings. The molecule has 195 valence electrons. The number of nitrogens with zero attached hydrogens (tertiary/aromatic N) is 8. The van der Waals surface area contributed by atoms with Crippen LogP contribution in [0.25, 0.3) is 22.8 Å². The van der Waals surface area contributed by atoms with Gasteiger partial charge in [-0.2, -0.15) is 24.3 Å². The Balaban J connectivity index is 0.000000156. The molecular weight excluding hydrogens is 667 g/mol. The van der Waals surface area contributed by atoms with Crippen LogP contribution in [0, 0.1) is 36.4 Å². The number of aryl methyl sites for hydroxylation is 2. The van der Waals surface area contributed by atoms with E-state index in [-0.39, 0.29) is 31.7 Å². The zero-order valence-corrected chi connectivity index (χ0v) is 22.7. The number of rotatable bonds is 3. The molecule has 0 aliphatic carbocycles. The summed E-state index contributed by atoms with van der Waals surface area (Å²) in [4.78, 5) is 4.08. The molecule has 0 N–H and O–H groups in total. The van der Waals surface area contributed by atoms with Crippen molar-refractivity contribution in [3.05, 3.63) is 128 Å². The van der Waals surface area contributed by atoms with Gasteiger partial charge in [-0.15, -0.1) is 24.3 Å². The molecule has 2 aromatic carbocycles. The van der Waals surface area contributed by atoms with Crippen LogP contribution in [0.15, 0.2) is 91.8 Å². The number of halogens is 2. The first-order chi connectivity index (χ1) is 18.0. The summed E-state index contributed by atoms with van der Waals surface area (Å²) in [6.45, 7) is 0. The summed E-state index contributed by atoms with van der Waals surface area (Å²) in [5.74, 6) is -0.531. The Morgan fingerprint density at radius 3 is 1.82 bits per heavy atom. The fraction of sp³-hybridized carbons (Fsp3) is 0.0741. The van der Waals surface area contributed by atoms with E-state index in [0.29, 0.717) is 17.1 Å². The second-order valence-corrected chi connectivity index (χ2v) is 7.58. The van der Waals surface area contributed by atoms with Gasteiger partial charge in [-0.25, -0.2) is 8.78 Å². The van der Waals surface area contributed by atoms with Gasteiger partial charge >= 0.3 is 0 Å². The molecule has 4 heterocycles. The molecule has 0 unspecified atom stereocenters. The molecule has 0 fully saturated rings. The van der Waals surface area contributed by atoms with Crippen LogP contribution in [0.5, 0.6) is 0 Å². The quantitative estimate of drug-likeness (QED) is 0.212. The van der Waals surface area contributed by atoms with Crippen LogP contribution in [-0.4, -0.2) is 24.4 Å². The summed E-state index contributed by atoms with van der Waals surface area (Å²) in [6, 6.07) is 20.1. The third-order valence-electron chi connectivity index (χ3n) is 4.74. The maximum Gasteiger partial charge on any atom is 0.241 e. The number of imidazole rings is 2. The molecule has 0 bridgehead atoms. The van der Waals surface area contributed by atoms with Gasteiger partial charge in [0.1, 0.15) is 0 Å². The third kappa shape index (κ3) is 8.09. The van der Waals surface area contributed by atoms with E-state index in [1.807, 2.05) is 44.7 Å². The molecule has 0 aliphatic heterocycles. The van der Waals surface area contributed by atoms with E-state index in [1.165, 1.54) is 24.3 Å². The molecule has 1 radical (unpaired) electrons. The fourth-order valence-corrected chi connectivity index (χ4v) is 3.02. The summed E-state index contributed by atoms with van der Waals surface area (Å²) >= 11 is 0. The predicted octanol–water partition coefficient (Wildman–Crippen LogP) is 2.58. The van der Waals surface area contributed by atoms with Gasteiger partial charge in [0.15, 0.2) is 0 Å². The number of hydrogen-bond donors (Lipinski definition) is 0. The average molecular weight is 688 g/mol. The average Bonchev–Trinajstić information content (AvgIpc) is 3.68. The normalized spacial score (nSPS) is 9.89. The van der Waals surface area contributed by atoms with Crippen LogP contribution in [0.3, 0.4) is 0 Å². The van der Waals surface area contributed by atoms with E-state index in [2.05, 4.69) is 45.2 Å². The van der Waals surface area contributed by atoms with Crippen LogP contribution < -0.4 is 14.2 Å². The van der Waals surface area contributed by atoms with Gasteiger partial charge in [0.2, 0.25) is 12.7 Å². The van der Waals surface area contributed by atoms with Crippen molar-refractivity contribution in [2.75, 3.05) is 0 Å².